The van der Waals surface area contributed by atoms with Gasteiger partial charge in [0.1, 0.15) is 0 Å². The molecule has 0 aromatic heterocycles. The highest BCUT2D eigenvalue weighted by Crippen LogP contribution is 2.17. The van der Waals surface area contributed by atoms with Crippen LogP contribution in [0.3, 0.4) is 0 Å². The molecule has 0 aromatic rings. The quantitative estimate of drug-likeness (QED) is 0.666. The van der Waals surface area contributed by atoms with Crippen LogP contribution in [0.2, 0.25) is 0 Å². The zero-order valence-corrected chi connectivity index (χ0v) is 9.45. The van der Waals surface area contributed by atoms with E-state index in [1.165, 1.54) is 0 Å². The van der Waals surface area contributed by atoms with Crippen molar-refractivity contribution < 1.29 is 14.6 Å². The van der Waals surface area contributed by atoms with Gasteiger partial charge in [0.05, 0.1) is 25.7 Å². The number of aliphatic hydroxyl groups is 1. The number of ether oxygens (including phenoxy) is 1. The fourth-order valence-corrected chi connectivity index (χ4v) is 1.90. The highest BCUT2D eigenvalue weighted by Gasteiger charge is 2.27. The number of hydrogen-bond acceptors (Lipinski definition) is 3. The maximum atomic E-state index is 11.7. The molecule has 0 bridgehead atoms. The molecule has 1 aliphatic heterocycles. The van der Waals surface area contributed by atoms with E-state index in [9.17, 15) is 4.79 Å². The summed E-state index contributed by atoms with van der Waals surface area (Å²) in [5.41, 5.74) is 0. The second-order valence-corrected chi connectivity index (χ2v) is 3.93. The highest BCUT2D eigenvalue weighted by molar-refractivity contribution is 5.76. The summed E-state index contributed by atoms with van der Waals surface area (Å²) in [6.07, 6.45) is 3.36. The molecule has 4 heteroatoms. The van der Waals surface area contributed by atoms with E-state index < -0.39 is 0 Å². The average molecular weight is 215 g/mol. The van der Waals surface area contributed by atoms with Gasteiger partial charge in [-0.2, -0.15) is 0 Å². The molecule has 15 heavy (non-hydrogen) atoms. The van der Waals surface area contributed by atoms with E-state index in [1.54, 1.807) is 4.90 Å². The molecule has 1 fully saturated rings. The minimum Gasteiger partial charge on any atom is -0.394 e. The Balaban J connectivity index is 2.21. The fraction of sp³-hybridized carbons (Fsp3) is 0.909. The van der Waals surface area contributed by atoms with E-state index in [1.807, 2.05) is 6.92 Å². The van der Waals surface area contributed by atoms with Crippen molar-refractivity contribution in [3.8, 4) is 0 Å². The Morgan fingerprint density at radius 3 is 3.00 bits per heavy atom. The lowest BCUT2D eigenvalue weighted by Crippen LogP contribution is -2.38. The second-order valence-electron chi connectivity index (χ2n) is 3.93. The lowest BCUT2D eigenvalue weighted by molar-refractivity contribution is -0.133. The first-order valence-corrected chi connectivity index (χ1v) is 5.77. The summed E-state index contributed by atoms with van der Waals surface area (Å²) in [7, 11) is 0. The zero-order valence-electron chi connectivity index (χ0n) is 9.45. The van der Waals surface area contributed by atoms with Crippen molar-refractivity contribution in [2.75, 3.05) is 26.4 Å². The van der Waals surface area contributed by atoms with E-state index in [4.69, 9.17) is 9.84 Å². The molecule has 0 radical (unpaired) electrons. The van der Waals surface area contributed by atoms with Crippen LogP contribution >= 0.6 is 0 Å². The van der Waals surface area contributed by atoms with E-state index >= 15 is 0 Å². The summed E-state index contributed by atoms with van der Waals surface area (Å²) in [5, 5.41) is 9.07. The van der Waals surface area contributed by atoms with Gasteiger partial charge in [-0.1, -0.05) is 6.92 Å². The molecular formula is C11H21NO3. The number of likely N-dealkylation sites (tertiary alicyclic amines) is 1. The Kier molecular flexibility index (Phi) is 5.65. The molecule has 0 aliphatic carbocycles. The van der Waals surface area contributed by atoms with Crippen molar-refractivity contribution in [3.63, 3.8) is 0 Å². The summed E-state index contributed by atoms with van der Waals surface area (Å²) in [6, 6.07) is 0.0451. The Labute approximate surface area is 91.2 Å². The molecule has 1 N–H and O–H groups in total. The molecule has 0 unspecified atom stereocenters. The van der Waals surface area contributed by atoms with Gasteiger partial charge < -0.3 is 14.7 Å². The third-order valence-corrected chi connectivity index (χ3v) is 2.72. The van der Waals surface area contributed by atoms with Crippen LogP contribution < -0.4 is 0 Å². The fourth-order valence-electron chi connectivity index (χ4n) is 1.90. The lowest BCUT2D eigenvalue weighted by Gasteiger charge is -2.22. The van der Waals surface area contributed by atoms with E-state index in [0.29, 0.717) is 13.0 Å². The summed E-state index contributed by atoms with van der Waals surface area (Å²) >= 11 is 0. The first kappa shape index (κ1) is 12.5. The van der Waals surface area contributed by atoms with E-state index in [2.05, 4.69) is 0 Å². The van der Waals surface area contributed by atoms with Crippen LogP contribution in [0.5, 0.6) is 0 Å². The number of hydrogen-bond donors (Lipinski definition) is 1. The van der Waals surface area contributed by atoms with Gasteiger partial charge in [0, 0.05) is 13.2 Å². The molecule has 0 aromatic carbocycles. The molecular weight excluding hydrogens is 194 g/mol. The first-order valence-electron chi connectivity index (χ1n) is 5.77. The topological polar surface area (TPSA) is 49.8 Å². The Hall–Kier alpha value is -0.610. The molecule has 1 heterocycles. The second kappa shape index (κ2) is 6.80. The predicted molar refractivity (Wildman–Crippen MR) is 57.5 cm³/mol. The smallest absolute Gasteiger partial charge is 0.225 e. The van der Waals surface area contributed by atoms with Gasteiger partial charge in [0.15, 0.2) is 0 Å². The largest absolute Gasteiger partial charge is 0.394 e. The summed E-state index contributed by atoms with van der Waals surface area (Å²) < 4.78 is 5.27. The van der Waals surface area contributed by atoms with Crippen molar-refractivity contribution in [2.24, 2.45) is 0 Å². The van der Waals surface area contributed by atoms with Crippen molar-refractivity contribution in [1.82, 2.24) is 4.90 Å². The number of carbonyl (C=O) groups is 1. The lowest BCUT2D eigenvalue weighted by atomic mass is 10.2. The molecule has 1 amide bonds. The number of amides is 1. The summed E-state index contributed by atoms with van der Waals surface area (Å²) in [4.78, 5) is 13.5. The van der Waals surface area contributed by atoms with Gasteiger partial charge in [-0.25, -0.2) is 0 Å². The maximum Gasteiger partial charge on any atom is 0.225 e. The molecule has 1 aliphatic rings. The summed E-state index contributed by atoms with van der Waals surface area (Å²) in [6.45, 7) is 4.14. The predicted octanol–water partition coefficient (Wildman–Crippen LogP) is 0.786. The number of rotatable bonds is 6. The van der Waals surface area contributed by atoms with Gasteiger partial charge in [0.25, 0.3) is 0 Å². The monoisotopic (exact) mass is 215 g/mol. The normalized spacial score (nSPS) is 20.9. The van der Waals surface area contributed by atoms with E-state index in [-0.39, 0.29) is 18.6 Å². The van der Waals surface area contributed by atoms with Gasteiger partial charge in [-0.15, -0.1) is 0 Å². The van der Waals surface area contributed by atoms with Crippen LogP contribution in [0.25, 0.3) is 0 Å². The van der Waals surface area contributed by atoms with Gasteiger partial charge >= 0.3 is 0 Å². The average Bonchev–Trinajstić information content (AvgIpc) is 2.72. The van der Waals surface area contributed by atoms with Gasteiger partial charge in [-0.3, -0.25) is 4.79 Å². The molecule has 1 rings (SSSR count). The third kappa shape index (κ3) is 3.80. The molecule has 4 nitrogen and oxygen atoms in total. The maximum absolute atomic E-state index is 11.7. The number of carbonyl (C=O) groups excluding carboxylic acids is 1. The van der Waals surface area contributed by atoms with Crippen molar-refractivity contribution in [3.05, 3.63) is 0 Å². The molecule has 1 saturated heterocycles. The van der Waals surface area contributed by atoms with Crippen LogP contribution in [0.4, 0.5) is 0 Å². The highest BCUT2D eigenvalue weighted by atomic mass is 16.5. The van der Waals surface area contributed by atoms with Crippen molar-refractivity contribution >= 4 is 5.91 Å². The standard InChI is InChI=1S/C11H21NO3/c1-2-7-15-8-5-11(14)12-6-3-4-10(12)9-13/h10,13H,2-9H2,1H3/t10-/m0/s1. The number of nitrogens with zero attached hydrogens (tertiary/aromatic N) is 1. The van der Waals surface area contributed by atoms with Crippen molar-refractivity contribution in [1.29, 1.82) is 0 Å². The minimum absolute atomic E-state index is 0.0451. The van der Waals surface area contributed by atoms with Crippen LogP contribution in [0.15, 0.2) is 0 Å². The SMILES string of the molecule is CCCOCCC(=O)N1CCC[C@H]1CO. The number of aliphatic hydroxyl groups excluding tert-OH is 1. The Morgan fingerprint density at radius 1 is 1.53 bits per heavy atom. The van der Waals surface area contributed by atoms with Gasteiger partial charge in [0.2, 0.25) is 5.91 Å². The summed E-state index contributed by atoms with van der Waals surface area (Å²) in [5.74, 6) is 0.114. The third-order valence-electron chi connectivity index (χ3n) is 2.72. The van der Waals surface area contributed by atoms with E-state index in [0.717, 1.165) is 32.4 Å². The van der Waals surface area contributed by atoms with Crippen LogP contribution in [-0.4, -0.2) is 48.3 Å². The molecule has 0 saturated carbocycles. The molecule has 0 spiro atoms. The molecule has 1 atom stereocenters. The van der Waals surface area contributed by atoms with Crippen LogP contribution in [0, 0.1) is 0 Å². The Bertz CT molecular complexity index is 196. The first-order chi connectivity index (χ1) is 7.29. The van der Waals surface area contributed by atoms with Crippen molar-refractivity contribution in [2.45, 2.75) is 38.6 Å². The van der Waals surface area contributed by atoms with Crippen LogP contribution in [0.1, 0.15) is 32.6 Å². The minimum atomic E-state index is 0.0451. The van der Waals surface area contributed by atoms with Crippen LogP contribution in [-0.2, 0) is 9.53 Å². The molecule has 88 valence electrons. The Morgan fingerprint density at radius 2 is 2.33 bits per heavy atom. The van der Waals surface area contributed by atoms with Gasteiger partial charge in [-0.05, 0) is 19.3 Å². The zero-order chi connectivity index (χ0) is 11.1.